The van der Waals surface area contributed by atoms with E-state index in [1.54, 1.807) is 0 Å². The highest BCUT2D eigenvalue weighted by atomic mass is 15.0. The molecule has 7 aromatic carbocycles. The largest absolute Gasteiger partial charge is 0.309 e. The van der Waals surface area contributed by atoms with E-state index in [0.29, 0.717) is 0 Å². The molecule has 0 radical (unpaired) electrons. The summed E-state index contributed by atoms with van der Waals surface area (Å²) >= 11 is 0. The van der Waals surface area contributed by atoms with Gasteiger partial charge in [0.15, 0.2) is 0 Å². The average Bonchev–Trinajstić information content (AvgIpc) is 3.88. The van der Waals surface area contributed by atoms with E-state index >= 15 is 0 Å². The number of hydrogen-bond donors (Lipinski definition) is 0. The van der Waals surface area contributed by atoms with Gasteiger partial charge in [0.05, 0.1) is 44.8 Å². The molecule has 49 heavy (non-hydrogen) atoms. The van der Waals surface area contributed by atoms with Crippen molar-refractivity contribution in [1.82, 2.24) is 18.5 Å². The normalized spacial score (nSPS) is 12.5. The minimum absolute atomic E-state index is 1.11. The van der Waals surface area contributed by atoms with Crippen LogP contribution in [0.3, 0.4) is 0 Å². The zero-order valence-corrected chi connectivity index (χ0v) is 26.3. The van der Waals surface area contributed by atoms with Gasteiger partial charge in [-0.15, -0.1) is 0 Å². The van der Waals surface area contributed by atoms with Crippen LogP contribution in [0, 0.1) is 0 Å². The highest BCUT2D eigenvalue weighted by molar-refractivity contribution is 6.36. The van der Waals surface area contributed by atoms with Gasteiger partial charge in [-0.05, 0) is 77.5 Å². The predicted molar refractivity (Wildman–Crippen MR) is 205 cm³/mol. The van der Waals surface area contributed by atoms with Gasteiger partial charge in [-0.1, -0.05) is 78.9 Å². The first-order chi connectivity index (χ1) is 24.3. The van der Waals surface area contributed by atoms with Crippen LogP contribution in [-0.4, -0.2) is 18.5 Å². The monoisotopic (exact) mass is 622 g/mol. The molecule has 4 heteroatoms. The highest BCUT2D eigenvalue weighted by Crippen LogP contribution is 2.47. The van der Waals surface area contributed by atoms with Crippen molar-refractivity contribution < 1.29 is 0 Å². The Morgan fingerprint density at radius 1 is 0.367 bits per heavy atom. The predicted octanol–water partition coefficient (Wildman–Crippen LogP) is 11.6. The number of hydrogen-bond acceptors (Lipinski definition) is 1. The third-order valence-corrected chi connectivity index (χ3v) is 10.8. The number of benzene rings is 7. The third-order valence-electron chi connectivity index (χ3n) is 10.8. The maximum absolute atomic E-state index is 4.49. The lowest BCUT2D eigenvalue weighted by Gasteiger charge is -2.12. The maximum atomic E-state index is 4.49. The lowest BCUT2D eigenvalue weighted by Crippen LogP contribution is -1.97. The van der Waals surface area contributed by atoms with Gasteiger partial charge in [0.25, 0.3) is 0 Å². The Balaban J connectivity index is 1.20. The minimum Gasteiger partial charge on any atom is -0.309 e. The molecule has 12 rings (SSSR count). The quantitative estimate of drug-likeness (QED) is 0.188. The van der Waals surface area contributed by atoms with Gasteiger partial charge in [-0.3, -0.25) is 4.98 Å². The zero-order chi connectivity index (χ0) is 31.8. The second-order valence-electron chi connectivity index (χ2n) is 13.2. The molecular formula is C45H26N4. The van der Waals surface area contributed by atoms with Gasteiger partial charge in [-0.2, -0.15) is 0 Å². The topological polar surface area (TPSA) is 27.2 Å². The summed E-state index contributed by atoms with van der Waals surface area (Å²) in [4.78, 5) is 4.49. The zero-order valence-electron chi connectivity index (χ0n) is 26.3. The van der Waals surface area contributed by atoms with Gasteiger partial charge in [0.2, 0.25) is 0 Å². The molecule has 0 atom stereocenters. The Morgan fingerprint density at radius 2 is 0.939 bits per heavy atom. The van der Waals surface area contributed by atoms with Crippen molar-refractivity contribution in [2.45, 2.75) is 0 Å². The first-order valence-corrected chi connectivity index (χ1v) is 16.8. The molecule has 0 aliphatic heterocycles. The maximum Gasteiger partial charge on any atom is 0.0724 e. The molecule has 5 aromatic heterocycles. The number of para-hydroxylation sites is 3. The molecular weight excluding hydrogens is 597 g/mol. The van der Waals surface area contributed by atoms with E-state index in [1.807, 2.05) is 12.4 Å². The van der Waals surface area contributed by atoms with Crippen molar-refractivity contribution in [2.24, 2.45) is 0 Å². The van der Waals surface area contributed by atoms with E-state index in [0.717, 1.165) is 16.9 Å². The summed E-state index contributed by atoms with van der Waals surface area (Å²) in [6.45, 7) is 0. The van der Waals surface area contributed by atoms with Crippen LogP contribution < -0.4 is 0 Å². The first-order valence-electron chi connectivity index (χ1n) is 16.8. The molecule has 0 aliphatic rings. The summed E-state index contributed by atoms with van der Waals surface area (Å²) in [6.07, 6.45) is 3.85. The summed E-state index contributed by atoms with van der Waals surface area (Å²) in [5, 5.41) is 12.7. The van der Waals surface area contributed by atoms with Crippen molar-refractivity contribution in [2.75, 3.05) is 0 Å². The fourth-order valence-electron chi connectivity index (χ4n) is 8.82. The van der Waals surface area contributed by atoms with Crippen molar-refractivity contribution in [1.29, 1.82) is 0 Å². The second-order valence-corrected chi connectivity index (χ2v) is 13.2. The molecule has 0 spiro atoms. The summed E-state index contributed by atoms with van der Waals surface area (Å²) in [6, 6.07) is 53.5. The Morgan fingerprint density at radius 3 is 1.69 bits per heavy atom. The Bertz CT molecular complexity index is 3270. The molecule has 0 saturated heterocycles. The Kier molecular flexibility index (Phi) is 4.69. The van der Waals surface area contributed by atoms with E-state index in [4.69, 9.17) is 0 Å². The number of pyridine rings is 1. The molecule has 0 amide bonds. The smallest absolute Gasteiger partial charge is 0.0724 e. The lowest BCUT2D eigenvalue weighted by atomic mass is 10.0. The molecule has 0 fully saturated rings. The standard InChI is InChI=1S/C45H26N4/c1-2-10-28-24-40-36(23-27(28)9-1)44-43-34-13-5-8-16-39(34)47(41(43)25-35-32-12-4-7-15-38(32)49(40)45(35)44)29-17-19-30(20-18-29)48-37-14-6-3-11-31(37)33-21-22-46-26-42(33)48/h1-26H. The van der Waals surface area contributed by atoms with E-state index in [1.165, 1.54) is 87.0 Å². The molecule has 226 valence electrons. The van der Waals surface area contributed by atoms with Gasteiger partial charge in [0.1, 0.15) is 0 Å². The van der Waals surface area contributed by atoms with E-state index in [2.05, 4.69) is 164 Å². The number of rotatable bonds is 2. The molecule has 12 aromatic rings. The van der Waals surface area contributed by atoms with Crippen molar-refractivity contribution >= 4 is 92.5 Å². The minimum atomic E-state index is 1.11. The lowest BCUT2D eigenvalue weighted by molar-refractivity contribution is 1.14. The second kappa shape index (κ2) is 9.03. The van der Waals surface area contributed by atoms with Crippen LogP contribution in [0.2, 0.25) is 0 Å². The Labute approximate surface area is 279 Å². The van der Waals surface area contributed by atoms with Crippen molar-refractivity contribution in [3.8, 4) is 11.4 Å². The Hall–Kier alpha value is -6.65. The molecule has 4 nitrogen and oxygen atoms in total. The van der Waals surface area contributed by atoms with Gasteiger partial charge in [-0.25, -0.2) is 0 Å². The van der Waals surface area contributed by atoms with Crippen LogP contribution >= 0.6 is 0 Å². The number of aromatic nitrogens is 4. The molecule has 0 N–H and O–H groups in total. The van der Waals surface area contributed by atoms with Crippen LogP contribution in [0.25, 0.3) is 104 Å². The molecule has 0 saturated carbocycles. The van der Waals surface area contributed by atoms with E-state index in [-0.39, 0.29) is 0 Å². The molecule has 0 unspecified atom stereocenters. The summed E-state index contributed by atoms with van der Waals surface area (Å²) in [5.74, 6) is 0. The van der Waals surface area contributed by atoms with E-state index < -0.39 is 0 Å². The summed E-state index contributed by atoms with van der Waals surface area (Å²) < 4.78 is 7.29. The third kappa shape index (κ3) is 3.16. The van der Waals surface area contributed by atoms with Gasteiger partial charge < -0.3 is 13.5 Å². The van der Waals surface area contributed by atoms with Crippen LogP contribution in [0.4, 0.5) is 0 Å². The van der Waals surface area contributed by atoms with Gasteiger partial charge in [0, 0.05) is 60.7 Å². The number of fused-ring (bicyclic) bond motifs is 14. The average molecular weight is 623 g/mol. The first kappa shape index (κ1) is 25.4. The van der Waals surface area contributed by atoms with Crippen LogP contribution in [0.5, 0.6) is 0 Å². The molecule has 0 bridgehead atoms. The van der Waals surface area contributed by atoms with Crippen molar-refractivity contribution in [3.05, 3.63) is 158 Å². The van der Waals surface area contributed by atoms with Crippen LogP contribution in [0.15, 0.2) is 158 Å². The molecule has 0 aliphatic carbocycles. The number of nitrogens with zero attached hydrogens (tertiary/aromatic N) is 4. The fourth-order valence-corrected chi connectivity index (χ4v) is 8.82. The van der Waals surface area contributed by atoms with E-state index in [9.17, 15) is 0 Å². The van der Waals surface area contributed by atoms with Crippen molar-refractivity contribution in [3.63, 3.8) is 0 Å². The fraction of sp³-hybridized carbons (Fsp3) is 0. The summed E-state index contributed by atoms with van der Waals surface area (Å²) in [7, 11) is 0. The summed E-state index contributed by atoms with van der Waals surface area (Å²) in [5.41, 5.74) is 10.8. The van der Waals surface area contributed by atoms with Gasteiger partial charge >= 0.3 is 0 Å². The highest BCUT2D eigenvalue weighted by Gasteiger charge is 2.24. The van der Waals surface area contributed by atoms with Crippen LogP contribution in [-0.2, 0) is 0 Å². The SMILES string of the molecule is c1ccc2cc3c(cc2c1)c1c2c4ccccc4n(-c4ccc(-n5c6ccccc6c6ccncc65)cc4)c2cc2c4ccccc4n3c21. The molecule has 5 heterocycles. The van der Waals surface area contributed by atoms with Crippen LogP contribution in [0.1, 0.15) is 0 Å².